The zero-order valence-corrected chi connectivity index (χ0v) is 21.8. The lowest BCUT2D eigenvalue weighted by atomic mass is 9.49. The number of nitrogens with zero attached hydrogens (tertiary/aromatic N) is 3. The van der Waals surface area contributed by atoms with Crippen molar-refractivity contribution in [3.05, 3.63) is 29.8 Å². The SMILES string of the molecule is COc1ccc(C[C@@H]2CN3C(=NC[C@@H]3C3CCCCC3)N2CCC23CC4CC(CC(C4)C2)C3)cc1. The second-order valence-electron chi connectivity index (χ2n) is 13.3. The Balaban J connectivity index is 1.10. The van der Waals surface area contributed by atoms with Crippen molar-refractivity contribution in [3.8, 4) is 5.75 Å². The minimum atomic E-state index is 0.558. The van der Waals surface area contributed by atoms with Gasteiger partial charge in [-0.3, -0.25) is 4.99 Å². The fraction of sp³-hybridized carbons (Fsp3) is 0.774. The summed E-state index contributed by atoms with van der Waals surface area (Å²) in [5.74, 6) is 6.32. The molecule has 0 amide bonds. The summed E-state index contributed by atoms with van der Waals surface area (Å²) in [5, 5.41) is 0. The number of fused-ring (bicyclic) bond motifs is 1. The number of hydrogen-bond acceptors (Lipinski definition) is 4. The maximum absolute atomic E-state index is 5.42. The van der Waals surface area contributed by atoms with Gasteiger partial charge in [-0.1, -0.05) is 31.4 Å². The lowest BCUT2D eigenvalue weighted by molar-refractivity contribution is -0.0595. The van der Waals surface area contributed by atoms with Crippen LogP contribution in [-0.2, 0) is 6.42 Å². The van der Waals surface area contributed by atoms with Gasteiger partial charge in [0, 0.05) is 13.1 Å². The molecular formula is C31H45N3O. The topological polar surface area (TPSA) is 28.1 Å². The summed E-state index contributed by atoms with van der Waals surface area (Å²) in [6.07, 6.45) is 18.9. The van der Waals surface area contributed by atoms with E-state index >= 15 is 0 Å². The standard InChI is InChI=1S/C31H45N3O/c1-35-28-9-7-22(8-10-28)16-27-21-34-29(26-5-3-2-4-6-26)20-32-30(34)33(27)12-11-31-17-23-13-24(18-31)15-25(14-23)19-31/h7-10,23-27,29H,2-6,11-21H2,1H3/t23?,24?,25?,27-,29-,31?/m1/s1. The number of ether oxygens (including phenoxy) is 1. The van der Waals surface area contributed by atoms with E-state index in [0.29, 0.717) is 17.5 Å². The molecule has 2 heterocycles. The first-order valence-corrected chi connectivity index (χ1v) is 14.9. The van der Waals surface area contributed by atoms with Gasteiger partial charge in [-0.25, -0.2) is 0 Å². The van der Waals surface area contributed by atoms with Gasteiger partial charge in [0.25, 0.3) is 0 Å². The average Bonchev–Trinajstić information content (AvgIpc) is 3.42. The summed E-state index contributed by atoms with van der Waals surface area (Å²) in [7, 11) is 1.76. The van der Waals surface area contributed by atoms with E-state index in [0.717, 1.165) is 42.4 Å². The predicted octanol–water partition coefficient (Wildman–Crippen LogP) is 6.15. The molecule has 5 saturated carbocycles. The minimum absolute atomic E-state index is 0.558. The van der Waals surface area contributed by atoms with Gasteiger partial charge in [0.2, 0.25) is 0 Å². The molecule has 35 heavy (non-hydrogen) atoms. The molecule has 2 aliphatic heterocycles. The van der Waals surface area contributed by atoms with Crippen molar-refractivity contribution >= 4 is 5.96 Å². The summed E-state index contributed by atoms with van der Waals surface area (Å²) in [6.45, 7) is 3.44. The Kier molecular flexibility index (Phi) is 5.78. The number of rotatable bonds is 7. The highest BCUT2D eigenvalue weighted by Gasteiger charge is 2.51. The smallest absolute Gasteiger partial charge is 0.197 e. The van der Waals surface area contributed by atoms with Gasteiger partial charge in [-0.15, -0.1) is 0 Å². The second kappa shape index (κ2) is 8.99. The molecule has 0 aromatic heterocycles. The molecule has 4 heteroatoms. The van der Waals surface area contributed by atoms with Crippen LogP contribution in [-0.4, -0.2) is 54.6 Å². The van der Waals surface area contributed by atoms with Crippen molar-refractivity contribution in [2.24, 2.45) is 34.1 Å². The van der Waals surface area contributed by atoms with Crippen molar-refractivity contribution < 1.29 is 4.74 Å². The van der Waals surface area contributed by atoms with Crippen molar-refractivity contribution in [1.29, 1.82) is 0 Å². The van der Waals surface area contributed by atoms with E-state index in [1.807, 2.05) is 0 Å². The van der Waals surface area contributed by atoms with Crippen molar-refractivity contribution in [2.75, 3.05) is 26.7 Å². The summed E-state index contributed by atoms with van der Waals surface area (Å²) >= 11 is 0. The van der Waals surface area contributed by atoms with E-state index < -0.39 is 0 Å². The first-order valence-electron chi connectivity index (χ1n) is 14.9. The molecule has 0 spiro atoms. The highest BCUT2D eigenvalue weighted by atomic mass is 16.5. The van der Waals surface area contributed by atoms with Crippen LogP contribution >= 0.6 is 0 Å². The summed E-state index contributed by atoms with van der Waals surface area (Å²) in [5.41, 5.74) is 2.08. The third kappa shape index (κ3) is 4.17. The zero-order valence-electron chi connectivity index (χ0n) is 21.8. The molecule has 0 radical (unpaired) electrons. The van der Waals surface area contributed by atoms with Gasteiger partial charge in [0.1, 0.15) is 5.75 Å². The highest BCUT2D eigenvalue weighted by molar-refractivity contribution is 5.84. The molecular weight excluding hydrogens is 430 g/mol. The van der Waals surface area contributed by atoms with Crippen LogP contribution < -0.4 is 4.74 Å². The molecule has 2 atom stereocenters. The Morgan fingerprint density at radius 3 is 2.29 bits per heavy atom. The van der Waals surface area contributed by atoms with Gasteiger partial charge < -0.3 is 14.5 Å². The summed E-state index contributed by atoms with van der Waals surface area (Å²) in [4.78, 5) is 10.8. The quantitative estimate of drug-likeness (QED) is 0.473. The van der Waals surface area contributed by atoms with E-state index in [4.69, 9.17) is 9.73 Å². The van der Waals surface area contributed by atoms with Crippen molar-refractivity contribution in [2.45, 2.75) is 95.6 Å². The Morgan fingerprint density at radius 2 is 1.63 bits per heavy atom. The Labute approximate surface area is 212 Å². The molecule has 4 bridgehead atoms. The van der Waals surface area contributed by atoms with Crippen LogP contribution in [0.5, 0.6) is 5.75 Å². The van der Waals surface area contributed by atoms with Crippen LogP contribution in [0.2, 0.25) is 0 Å². The molecule has 1 aromatic carbocycles. The van der Waals surface area contributed by atoms with Crippen LogP contribution in [0.25, 0.3) is 0 Å². The average molecular weight is 476 g/mol. The third-order valence-electron chi connectivity index (χ3n) is 11.1. The van der Waals surface area contributed by atoms with Crippen LogP contribution in [0.15, 0.2) is 29.3 Å². The van der Waals surface area contributed by atoms with Gasteiger partial charge in [0.15, 0.2) is 5.96 Å². The van der Waals surface area contributed by atoms with Gasteiger partial charge in [0.05, 0.1) is 25.7 Å². The monoisotopic (exact) mass is 475 g/mol. The number of benzene rings is 1. The molecule has 1 aromatic rings. The molecule has 6 fully saturated rings. The fourth-order valence-corrected chi connectivity index (χ4v) is 9.84. The van der Waals surface area contributed by atoms with Gasteiger partial charge >= 0.3 is 0 Å². The maximum Gasteiger partial charge on any atom is 0.197 e. The molecule has 1 saturated heterocycles. The zero-order chi connectivity index (χ0) is 23.4. The van der Waals surface area contributed by atoms with Crippen molar-refractivity contribution in [3.63, 3.8) is 0 Å². The molecule has 0 N–H and O–H groups in total. The first-order chi connectivity index (χ1) is 17.2. The van der Waals surface area contributed by atoms with Crippen LogP contribution in [0.1, 0.15) is 82.6 Å². The predicted molar refractivity (Wildman–Crippen MR) is 142 cm³/mol. The fourth-order valence-electron chi connectivity index (χ4n) is 9.84. The van der Waals surface area contributed by atoms with Crippen LogP contribution in [0.4, 0.5) is 0 Å². The van der Waals surface area contributed by atoms with E-state index in [9.17, 15) is 0 Å². The summed E-state index contributed by atoms with van der Waals surface area (Å²) in [6, 6.07) is 10.0. The Bertz CT molecular complexity index is 898. The highest BCUT2D eigenvalue weighted by Crippen LogP contribution is 2.61. The molecule has 190 valence electrons. The largest absolute Gasteiger partial charge is 0.497 e. The van der Waals surface area contributed by atoms with E-state index in [1.54, 1.807) is 26.4 Å². The third-order valence-corrected chi connectivity index (χ3v) is 11.1. The minimum Gasteiger partial charge on any atom is -0.497 e. The van der Waals surface area contributed by atoms with E-state index in [-0.39, 0.29) is 0 Å². The van der Waals surface area contributed by atoms with E-state index in [2.05, 4.69) is 34.1 Å². The van der Waals surface area contributed by atoms with Gasteiger partial charge in [-0.05, 0) is 111 Å². The number of guanidine groups is 1. The van der Waals surface area contributed by atoms with E-state index in [1.165, 1.54) is 82.4 Å². The molecule has 8 rings (SSSR count). The summed E-state index contributed by atoms with van der Waals surface area (Å²) < 4.78 is 5.42. The van der Waals surface area contributed by atoms with Crippen LogP contribution in [0, 0.1) is 29.1 Å². The number of hydrogen-bond donors (Lipinski definition) is 0. The lowest BCUT2D eigenvalue weighted by Crippen LogP contribution is -2.48. The number of aliphatic imine (C=N–C) groups is 1. The lowest BCUT2D eigenvalue weighted by Gasteiger charge is -2.57. The molecule has 0 unspecified atom stereocenters. The maximum atomic E-state index is 5.42. The normalized spacial score (nSPS) is 38.2. The molecule has 5 aliphatic carbocycles. The van der Waals surface area contributed by atoms with Gasteiger partial charge in [-0.2, -0.15) is 0 Å². The first kappa shape index (κ1) is 22.5. The van der Waals surface area contributed by atoms with Crippen molar-refractivity contribution in [1.82, 2.24) is 9.80 Å². The number of methoxy groups -OCH3 is 1. The Morgan fingerprint density at radius 1 is 0.943 bits per heavy atom. The second-order valence-corrected chi connectivity index (χ2v) is 13.3. The molecule has 7 aliphatic rings. The Hall–Kier alpha value is -1.71. The molecule has 4 nitrogen and oxygen atoms in total. The van der Waals surface area contributed by atoms with Crippen LogP contribution in [0.3, 0.4) is 0 Å².